The summed E-state index contributed by atoms with van der Waals surface area (Å²) in [6.45, 7) is 2.30. The molecule has 0 aliphatic rings. The van der Waals surface area contributed by atoms with Crippen molar-refractivity contribution in [3.63, 3.8) is 0 Å². The zero-order valence-electron chi connectivity index (χ0n) is 12.4. The van der Waals surface area contributed by atoms with Crippen molar-refractivity contribution in [2.24, 2.45) is 7.05 Å². The van der Waals surface area contributed by atoms with E-state index in [0.29, 0.717) is 12.2 Å². The number of nitrogens with one attached hydrogen (secondary N) is 1. The number of hydrogen-bond donors (Lipinski definition) is 1. The number of rotatable bonds is 4. The maximum atomic E-state index is 12.3. The molecule has 6 heteroatoms. The van der Waals surface area contributed by atoms with E-state index in [9.17, 15) is 4.79 Å². The molecular weight excluding hydrogens is 296 g/mol. The van der Waals surface area contributed by atoms with Gasteiger partial charge in [0.1, 0.15) is 5.69 Å². The molecule has 1 amide bonds. The average Bonchev–Trinajstić information content (AvgIpc) is 3.15. The van der Waals surface area contributed by atoms with E-state index in [1.807, 2.05) is 36.6 Å². The maximum absolute atomic E-state index is 12.3. The molecular formula is C16H16N4OS. The Morgan fingerprint density at radius 3 is 2.91 bits per heavy atom. The summed E-state index contributed by atoms with van der Waals surface area (Å²) >= 11 is 1.64. The van der Waals surface area contributed by atoms with Crippen LogP contribution in [0.3, 0.4) is 0 Å². The summed E-state index contributed by atoms with van der Waals surface area (Å²) in [4.78, 5) is 17.8. The van der Waals surface area contributed by atoms with Crippen LogP contribution in [0.25, 0.3) is 10.6 Å². The van der Waals surface area contributed by atoms with Gasteiger partial charge in [0.15, 0.2) is 0 Å². The van der Waals surface area contributed by atoms with Crippen molar-refractivity contribution in [2.45, 2.75) is 13.5 Å². The summed E-state index contributed by atoms with van der Waals surface area (Å²) in [5.74, 6) is -0.135. The first kappa shape index (κ1) is 14.5. The minimum atomic E-state index is -0.135. The molecule has 3 heterocycles. The first-order valence-corrected chi connectivity index (χ1v) is 7.79. The molecule has 0 bridgehead atoms. The molecule has 0 unspecified atom stereocenters. The minimum Gasteiger partial charge on any atom is -0.347 e. The Kier molecular flexibility index (Phi) is 4.02. The van der Waals surface area contributed by atoms with E-state index in [1.165, 1.54) is 0 Å². The van der Waals surface area contributed by atoms with Crippen molar-refractivity contribution in [3.05, 3.63) is 58.9 Å². The fourth-order valence-corrected chi connectivity index (χ4v) is 3.06. The molecule has 0 aliphatic heterocycles. The third-order valence-electron chi connectivity index (χ3n) is 3.32. The molecule has 0 fully saturated rings. The summed E-state index contributed by atoms with van der Waals surface area (Å²) in [7, 11) is 1.77. The Labute approximate surface area is 132 Å². The van der Waals surface area contributed by atoms with Gasteiger partial charge in [0, 0.05) is 19.8 Å². The molecule has 0 radical (unpaired) electrons. The first-order chi connectivity index (χ1) is 10.6. The van der Waals surface area contributed by atoms with Crippen molar-refractivity contribution in [1.29, 1.82) is 0 Å². The van der Waals surface area contributed by atoms with E-state index >= 15 is 0 Å². The van der Waals surface area contributed by atoms with E-state index in [1.54, 1.807) is 35.3 Å². The fraction of sp³-hybridized carbons (Fsp3) is 0.188. The summed E-state index contributed by atoms with van der Waals surface area (Å²) in [6.07, 6.45) is 1.77. The van der Waals surface area contributed by atoms with Gasteiger partial charge in [0.25, 0.3) is 5.91 Å². The van der Waals surface area contributed by atoms with Gasteiger partial charge in [-0.05, 0) is 36.1 Å². The maximum Gasteiger partial charge on any atom is 0.269 e. The van der Waals surface area contributed by atoms with Gasteiger partial charge in [-0.15, -0.1) is 11.3 Å². The number of thiophene rings is 1. The molecule has 1 N–H and O–H groups in total. The van der Waals surface area contributed by atoms with Crippen LogP contribution in [-0.4, -0.2) is 20.7 Å². The average molecular weight is 312 g/mol. The lowest BCUT2D eigenvalue weighted by molar-refractivity contribution is 0.0941. The molecule has 3 rings (SSSR count). The highest BCUT2D eigenvalue weighted by molar-refractivity contribution is 7.13. The van der Waals surface area contributed by atoms with Crippen LogP contribution in [0, 0.1) is 6.92 Å². The number of hydrogen-bond acceptors (Lipinski definition) is 4. The lowest BCUT2D eigenvalue weighted by Crippen LogP contribution is -2.25. The summed E-state index contributed by atoms with van der Waals surface area (Å²) < 4.78 is 1.59. The van der Waals surface area contributed by atoms with Crippen LogP contribution in [0.2, 0.25) is 0 Å². The Balaban J connectivity index is 1.77. The van der Waals surface area contributed by atoms with Crippen molar-refractivity contribution in [2.75, 3.05) is 0 Å². The summed E-state index contributed by atoms with van der Waals surface area (Å²) in [6, 6.07) is 9.67. The Hall–Kier alpha value is -2.47. The predicted octanol–water partition coefficient (Wildman–Crippen LogP) is 2.78. The SMILES string of the molecule is Cc1cc(C(=O)NCc2cccnc2-c2cccs2)n(C)n1. The van der Waals surface area contributed by atoms with Gasteiger partial charge in [-0.1, -0.05) is 12.1 Å². The van der Waals surface area contributed by atoms with Gasteiger partial charge in [-0.2, -0.15) is 5.10 Å². The highest BCUT2D eigenvalue weighted by atomic mass is 32.1. The van der Waals surface area contributed by atoms with Crippen LogP contribution in [0.1, 0.15) is 21.7 Å². The van der Waals surface area contributed by atoms with Gasteiger partial charge in [-0.25, -0.2) is 0 Å². The van der Waals surface area contributed by atoms with Crippen LogP contribution >= 0.6 is 11.3 Å². The number of carbonyl (C=O) groups excluding carboxylic acids is 1. The van der Waals surface area contributed by atoms with Gasteiger partial charge in [0.2, 0.25) is 0 Å². The van der Waals surface area contributed by atoms with E-state index in [2.05, 4.69) is 15.4 Å². The highest BCUT2D eigenvalue weighted by Gasteiger charge is 2.13. The first-order valence-electron chi connectivity index (χ1n) is 6.92. The zero-order chi connectivity index (χ0) is 15.5. The quantitative estimate of drug-likeness (QED) is 0.806. The Bertz CT molecular complexity index is 792. The van der Waals surface area contributed by atoms with Crippen LogP contribution in [-0.2, 0) is 13.6 Å². The lowest BCUT2D eigenvalue weighted by atomic mass is 10.1. The molecule has 0 aliphatic carbocycles. The Morgan fingerprint density at radius 1 is 1.36 bits per heavy atom. The number of aromatic nitrogens is 3. The second-order valence-electron chi connectivity index (χ2n) is 4.97. The summed E-state index contributed by atoms with van der Waals surface area (Å²) in [5, 5.41) is 9.15. The third kappa shape index (κ3) is 2.92. The second-order valence-corrected chi connectivity index (χ2v) is 5.91. The van der Waals surface area contributed by atoms with Crippen molar-refractivity contribution in [1.82, 2.24) is 20.1 Å². The standard InChI is InChI=1S/C16H16N4OS/c1-11-9-13(20(2)19-11)16(21)18-10-12-5-3-7-17-15(12)14-6-4-8-22-14/h3-9H,10H2,1-2H3,(H,18,21). The topological polar surface area (TPSA) is 59.8 Å². The largest absolute Gasteiger partial charge is 0.347 e. The smallest absolute Gasteiger partial charge is 0.269 e. The molecule has 0 saturated carbocycles. The number of amides is 1. The van der Waals surface area contributed by atoms with Crippen molar-refractivity contribution < 1.29 is 4.79 Å². The molecule has 0 spiro atoms. The van der Waals surface area contributed by atoms with Gasteiger partial charge < -0.3 is 5.32 Å². The van der Waals surface area contributed by atoms with E-state index in [4.69, 9.17) is 0 Å². The monoisotopic (exact) mass is 312 g/mol. The number of carbonyl (C=O) groups is 1. The molecule has 0 saturated heterocycles. The molecule has 5 nitrogen and oxygen atoms in total. The zero-order valence-corrected chi connectivity index (χ0v) is 13.2. The lowest BCUT2D eigenvalue weighted by Gasteiger charge is -2.08. The molecule has 3 aromatic heterocycles. The third-order valence-corrected chi connectivity index (χ3v) is 4.20. The van der Waals surface area contributed by atoms with Gasteiger partial charge in [0.05, 0.1) is 16.3 Å². The number of aryl methyl sites for hydroxylation is 2. The van der Waals surface area contributed by atoms with E-state index in [-0.39, 0.29) is 5.91 Å². The van der Waals surface area contributed by atoms with Gasteiger partial charge >= 0.3 is 0 Å². The predicted molar refractivity (Wildman–Crippen MR) is 86.7 cm³/mol. The van der Waals surface area contributed by atoms with Crippen LogP contribution in [0.4, 0.5) is 0 Å². The normalized spacial score (nSPS) is 10.6. The second kappa shape index (κ2) is 6.11. The van der Waals surface area contributed by atoms with E-state index < -0.39 is 0 Å². The fourth-order valence-electron chi connectivity index (χ4n) is 2.31. The van der Waals surface area contributed by atoms with Crippen molar-refractivity contribution >= 4 is 17.2 Å². The van der Waals surface area contributed by atoms with Crippen LogP contribution in [0.5, 0.6) is 0 Å². The minimum absolute atomic E-state index is 0.135. The molecule has 112 valence electrons. The molecule has 0 atom stereocenters. The Morgan fingerprint density at radius 2 is 2.23 bits per heavy atom. The number of nitrogens with zero attached hydrogens (tertiary/aromatic N) is 3. The molecule has 22 heavy (non-hydrogen) atoms. The van der Waals surface area contributed by atoms with Crippen molar-refractivity contribution in [3.8, 4) is 10.6 Å². The molecule has 3 aromatic rings. The van der Waals surface area contributed by atoms with Crippen LogP contribution < -0.4 is 5.32 Å². The molecule has 0 aromatic carbocycles. The summed E-state index contributed by atoms with van der Waals surface area (Å²) in [5.41, 5.74) is 3.29. The van der Waals surface area contributed by atoms with E-state index in [0.717, 1.165) is 21.8 Å². The van der Waals surface area contributed by atoms with Gasteiger partial charge in [-0.3, -0.25) is 14.5 Å². The number of pyridine rings is 1. The van der Waals surface area contributed by atoms with Crippen LogP contribution in [0.15, 0.2) is 41.9 Å². The highest BCUT2D eigenvalue weighted by Crippen LogP contribution is 2.25.